The molecule has 0 saturated heterocycles. The SMILES string of the molecule is N=C(CCO)C(O)(O)c1cccc2c(S(=O)(=O)C3(CCO)CC3)cccc12. The highest BCUT2D eigenvalue weighted by atomic mass is 32.2. The van der Waals surface area contributed by atoms with Gasteiger partial charge in [0.05, 0.1) is 15.4 Å². The smallest absolute Gasteiger partial charge is 0.230 e. The summed E-state index contributed by atoms with van der Waals surface area (Å²) in [6.07, 6.45) is 0.908. The van der Waals surface area contributed by atoms with Crippen LogP contribution in [0.3, 0.4) is 0 Å². The summed E-state index contributed by atoms with van der Waals surface area (Å²) in [5.74, 6) is -2.62. The van der Waals surface area contributed by atoms with Crippen molar-refractivity contribution in [3.63, 3.8) is 0 Å². The summed E-state index contributed by atoms with van der Waals surface area (Å²) < 4.78 is 25.4. The molecule has 7 nitrogen and oxygen atoms in total. The van der Waals surface area contributed by atoms with Gasteiger partial charge in [-0.25, -0.2) is 8.42 Å². The van der Waals surface area contributed by atoms with Crippen molar-refractivity contribution in [2.45, 2.75) is 41.1 Å². The maximum absolute atomic E-state index is 13.2. The highest BCUT2D eigenvalue weighted by Gasteiger charge is 2.54. The number of aliphatic hydroxyl groups excluding tert-OH is 2. The molecule has 27 heavy (non-hydrogen) atoms. The molecule has 0 unspecified atom stereocenters. The first-order valence-electron chi connectivity index (χ1n) is 8.72. The van der Waals surface area contributed by atoms with Crippen LogP contribution in [0, 0.1) is 5.41 Å². The van der Waals surface area contributed by atoms with Crippen LogP contribution in [-0.4, -0.2) is 52.5 Å². The first-order chi connectivity index (χ1) is 12.7. The predicted octanol–water partition coefficient (Wildman–Crippen LogP) is 1.07. The zero-order valence-corrected chi connectivity index (χ0v) is 15.5. The van der Waals surface area contributed by atoms with E-state index >= 15 is 0 Å². The summed E-state index contributed by atoms with van der Waals surface area (Å²) >= 11 is 0. The Balaban J connectivity index is 2.19. The van der Waals surface area contributed by atoms with Crippen molar-refractivity contribution in [1.82, 2.24) is 0 Å². The topological polar surface area (TPSA) is 139 Å². The average Bonchev–Trinajstić information content (AvgIpc) is 3.42. The van der Waals surface area contributed by atoms with Crippen LogP contribution in [0.4, 0.5) is 0 Å². The first-order valence-corrected chi connectivity index (χ1v) is 10.2. The summed E-state index contributed by atoms with van der Waals surface area (Å²) in [4.78, 5) is 0.0808. The molecule has 0 radical (unpaired) electrons. The number of sulfone groups is 1. The third-order valence-electron chi connectivity index (χ3n) is 5.27. The molecule has 146 valence electrons. The molecule has 1 saturated carbocycles. The lowest BCUT2D eigenvalue weighted by Gasteiger charge is -2.25. The molecule has 0 amide bonds. The van der Waals surface area contributed by atoms with Gasteiger partial charge in [0.1, 0.15) is 0 Å². The minimum absolute atomic E-state index is 0.0116. The molecule has 0 aromatic heterocycles. The molecule has 0 aliphatic heterocycles. The average molecular weight is 393 g/mol. The predicted molar refractivity (Wildman–Crippen MR) is 100 cm³/mol. The van der Waals surface area contributed by atoms with Gasteiger partial charge in [-0.3, -0.25) is 0 Å². The summed E-state index contributed by atoms with van der Waals surface area (Å²) in [6.45, 7) is -0.625. The summed E-state index contributed by atoms with van der Waals surface area (Å²) in [5, 5.41) is 47.7. The number of aliphatic hydroxyl groups is 4. The van der Waals surface area contributed by atoms with Crippen LogP contribution in [-0.2, 0) is 15.6 Å². The molecule has 5 N–H and O–H groups in total. The van der Waals surface area contributed by atoms with Crippen molar-refractivity contribution in [3.05, 3.63) is 42.0 Å². The van der Waals surface area contributed by atoms with E-state index in [-0.39, 0.29) is 29.9 Å². The Labute approximate surface area is 157 Å². The zero-order chi connectivity index (χ0) is 19.9. The van der Waals surface area contributed by atoms with E-state index < -0.39 is 32.7 Å². The Morgan fingerprint density at radius 1 is 1.04 bits per heavy atom. The number of rotatable bonds is 8. The molecule has 1 aliphatic carbocycles. The van der Waals surface area contributed by atoms with Crippen molar-refractivity contribution >= 4 is 26.3 Å². The fourth-order valence-electron chi connectivity index (χ4n) is 3.50. The van der Waals surface area contributed by atoms with E-state index in [0.717, 1.165) is 0 Å². The van der Waals surface area contributed by atoms with Crippen molar-refractivity contribution in [3.8, 4) is 0 Å². The molecule has 2 aromatic rings. The van der Waals surface area contributed by atoms with E-state index in [1.54, 1.807) is 12.1 Å². The molecule has 1 fully saturated rings. The van der Waals surface area contributed by atoms with E-state index in [0.29, 0.717) is 23.6 Å². The van der Waals surface area contributed by atoms with E-state index in [9.17, 15) is 23.7 Å². The van der Waals surface area contributed by atoms with Crippen LogP contribution in [0.15, 0.2) is 41.3 Å². The maximum atomic E-state index is 13.2. The molecule has 2 aromatic carbocycles. The fraction of sp³-hybridized carbons (Fsp3) is 0.421. The van der Waals surface area contributed by atoms with Crippen molar-refractivity contribution < 1.29 is 28.8 Å². The molecule has 0 atom stereocenters. The van der Waals surface area contributed by atoms with Gasteiger partial charge in [0.15, 0.2) is 9.84 Å². The highest BCUT2D eigenvalue weighted by Crippen LogP contribution is 2.50. The molecule has 0 heterocycles. The molecule has 0 bridgehead atoms. The van der Waals surface area contributed by atoms with Gasteiger partial charge in [-0.05, 0) is 30.7 Å². The maximum Gasteiger partial charge on any atom is 0.230 e. The lowest BCUT2D eigenvalue weighted by molar-refractivity contribution is -0.107. The Kier molecular flexibility index (Phi) is 5.13. The third kappa shape index (κ3) is 3.17. The van der Waals surface area contributed by atoms with Gasteiger partial charge in [0.25, 0.3) is 0 Å². The van der Waals surface area contributed by atoms with Gasteiger partial charge in [0.2, 0.25) is 5.79 Å². The van der Waals surface area contributed by atoms with E-state index in [4.69, 9.17) is 10.5 Å². The standard InChI is InChI=1S/C19H23NO6S/c20-17(7-11-21)19(23,24)15-5-1-4-14-13(15)3-2-6-16(14)27(25,26)18(8-9-18)10-12-22/h1-6,20-24H,7-12H2. The first kappa shape index (κ1) is 19.9. The largest absolute Gasteiger partial charge is 0.396 e. The number of benzene rings is 2. The van der Waals surface area contributed by atoms with Crippen LogP contribution in [0.2, 0.25) is 0 Å². The lowest BCUT2D eigenvalue weighted by atomic mass is 9.93. The van der Waals surface area contributed by atoms with Gasteiger partial charge >= 0.3 is 0 Å². The number of fused-ring (bicyclic) bond motifs is 1. The van der Waals surface area contributed by atoms with Crippen LogP contribution in [0.25, 0.3) is 10.8 Å². The van der Waals surface area contributed by atoms with E-state index in [2.05, 4.69) is 0 Å². The molecule has 8 heteroatoms. The van der Waals surface area contributed by atoms with Crippen LogP contribution < -0.4 is 0 Å². The Morgan fingerprint density at radius 3 is 2.26 bits per heavy atom. The normalized spacial score (nSPS) is 16.4. The summed E-state index contributed by atoms with van der Waals surface area (Å²) in [5.41, 5.74) is -0.493. The molecule has 0 spiro atoms. The number of nitrogens with one attached hydrogen (secondary N) is 1. The molecule has 3 rings (SSSR count). The lowest BCUT2D eigenvalue weighted by Crippen LogP contribution is -2.35. The van der Waals surface area contributed by atoms with Gasteiger partial charge in [0, 0.05) is 30.6 Å². The fourth-order valence-corrected chi connectivity index (χ4v) is 5.69. The van der Waals surface area contributed by atoms with Gasteiger partial charge in [-0.1, -0.05) is 30.3 Å². The van der Waals surface area contributed by atoms with Gasteiger partial charge < -0.3 is 25.8 Å². The highest BCUT2D eigenvalue weighted by molar-refractivity contribution is 7.93. The van der Waals surface area contributed by atoms with Crippen LogP contribution in [0.1, 0.15) is 31.2 Å². The minimum atomic E-state index is -3.73. The number of hydrogen-bond donors (Lipinski definition) is 5. The van der Waals surface area contributed by atoms with Gasteiger partial charge in [-0.2, -0.15) is 0 Å². The number of hydrogen-bond acceptors (Lipinski definition) is 7. The second-order valence-corrected chi connectivity index (χ2v) is 9.25. The van der Waals surface area contributed by atoms with Gasteiger partial charge in [-0.15, -0.1) is 0 Å². The van der Waals surface area contributed by atoms with Crippen molar-refractivity contribution in [2.24, 2.45) is 0 Å². The Hall–Kier alpha value is -1.84. The molecular formula is C19H23NO6S. The quantitative estimate of drug-likeness (QED) is 0.336. The summed E-state index contributed by atoms with van der Waals surface area (Å²) in [6, 6.07) is 9.10. The third-order valence-corrected chi connectivity index (χ3v) is 7.96. The van der Waals surface area contributed by atoms with Crippen molar-refractivity contribution in [2.75, 3.05) is 13.2 Å². The molecule has 1 aliphatic rings. The van der Waals surface area contributed by atoms with Crippen molar-refractivity contribution in [1.29, 1.82) is 5.41 Å². The van der Waals surface area contributed by atoms with E-state index in [1.165, 1.54) is 24.3 Å². The Morgan fingerprint density at radius 2 is 1.67 bits per heavy atom. The van der Waals surface area contributed by atoms with Crippen LogP contribution in [0.5, 0.6) is 0 Å². The monoisotopic (exact) mass is 393 g/mol. The second-order valence-electron chi connectivity index (χ2n) is 6.94. The second kappa shape index (κ2) is 6.96. The molecular weight excluding hydrogens is 370 g/mol. The zero-order valence-electron chi connectivity index (χ0n) is 14.7. The summed E-state index contributed by atoms with van der Waals surface area (Å²) in [7, 11) is -3.73. The minimum Gasteiger partial charge on any atom is -0.396 e. The Bertz CT molecular complexity index is 979. The van der Waals surface area contributed by atoms with Crippen LogP contribution >= 0.6 is 0 Å². The van der Waals surface area contributed by atoms with E-state index in [1.807, 2.05) is 0 Å².